The van der Waals surface area contributed by atoms with Crippen LogP contribution in [-0.2, 0) is 9.59 Å². The molecule has 0 aliphatic carbocycles. The maximum absolute atomic E-state index is 11.1. The predicted molar refractivity (Wildman–Crippen MR) is 48.7 cm³/mol. The topological polar surface area (TPSA) is 46.2 Å². The van der Waals surface area contributed by atoms with Crippen molar-refractivity contribution in [1.82, 2.24) is 5.32 Å². The molecule has 0 saturated carbocycles. The Morgan fingerprint density at radius 2 is 2.00 bits per heavy atom. The van der Waals surface area contributed by atoms with Crippen LogP contribution in [0.25, 0.3) is 0 Å². The molecule has 1 atom stereocenters. The van der Waals surface area contributed by atoms with Crippen molar-refractivity contribution in [2.75, 3.05) is 0 Å². The Labute approximate surface area is 76.8 Å². The summed E-state index contributed by atoms with van der Waals surface area (Å²) in [6, 6.07) is 8.85. The van der Waals surface area contributed by atoms with Gasteiger partial charge >= 0.3 is 0 Å². The third-order valence-corrected chi connectivity index (χ3v) is 1.75. The smallest absolute Gasteiger partial charge is 0.234 e. The minimum absolute atomic E-state index is 0.388. The molecule has 0 fully saturated rings. The first kappa shape index (κ1) is 9.45. The van der Waals surface area contributed by atoms with Crippen molar-refractivity contribution in [3.63, 3.8) is 0 Å². The molecule has 3 heteroatoms. The highest BCUT2D eigenvalue weighted by Gasteiger charge is 2.17. The minimum atomic E-state index is -0.751. The lowest BCUT2D eigenvalue weighted by atomic mass is 10.0. The van der Waals surface area contributed by atoms with E-state index in [9.17, 15) is 9.59 Å². The van der Waals surface area contributed by atoms with Crippen LogP contribution in [0.4, 0.5) is 0 Å². The van der Waals surface area contributed by atoms with Crippen LogP contribution in [0.1, 0.15) is 11.5 Å². The second-order valence-electron chi connectivity index (χ2n) is 2.57. The fourth-order valence-electron chi connectivity index (χ4n) is 1.06. The van der Waals surface area contributed by atoms with E-state index >= 15 is 0 Å². The van der Waals surface area contributed by atoms with E-state index in [-0.39, 0.29) is 5.91 Å². The Morgan fingerprint density at radius 1 is 1.38 bits per heavy atom. The van der Waals surface area contributed by atoms with Gasteiger partial charge in [-0.25, -0.2) is 0 Å². The van der Waals surface area contributed by atoms with Crippen LogP contribution in [0.15, 0.2) is 30.3 Å². The van der Waals surface area contributed by atoms with Gasteiger partial charge in [0.1, 0.15) is 12.2 Å². The molecule has 1 N–H and O–H groups in total. The molecule has 1 rings (SSSR count). The van der Waals surface area contributed by atoms with E-state index in [1.807, 2.05) is 6.07 Å². The van der Waals surface area contributed by atoms with Gasteiger partial charge in [0.2, 0.25) is 5.91 Å². The molecule has 1 radical (unpaired) electrons. The van der Waals surface area contributed by atoms with Gasteiger partial charge < -0.3 is 10.1 Å². The molecule has 0 bridgehead atoms. The summed E-state index contributed by atoms with van der Waals surface area (Å²) in [6.45, 7) is 0. The normalized spacial score (nSPS) is 11.8. The number of carbonyl (C=O) groups excluding carboxylic acids is 2. The number of amides is 1. The average Bonchev–Trinajstić information content (AvgIpc) is 2.20. The molecule has 1 aromatic rings. The molecule has 0 aromatic heterocycles. The summed E-state index contributed by atoms with van der Waals surface area (Å²) in [5.74, 6) is -1.14. The zero-order valence-corrected chi connectivity index (χ0v) is 7.07. The zero-order valence-electron chi connectivity index (χ0n) is 7.07. The Bertz CT molecular complexity index is 295. The van der Waals surface area contributed by atoms with E-state index in [4.69, 9.17) is 0 Å². The van der Waals surface area contributed by atoms with Crippen LogP contribution in [-0.4, -0.2) is 12.2 Å². The summed E-state index contributed by atoms with van der Waals surface area (Å²) in [5, 5.41) is 2.19. The molecule has 1 amide bonds. The zero-order chi connectivity index (χ0) is 9.68. The lowest BCUT2D eigenvalue weighted by Crippen LogP contribution is -2.25. The van der Waals surface area contributed by atoms with Gasteiger partial charge in [0.05, 0.1) is 0 Å². The molecule has 13 heavy (non-hydrogen) atoms. The van der Waals surface area contributed by atoms with Crippen molar-refractivity contribution in [1.29, 1.82) is 0 Å². The highest BCUT2D eigenvalue weighted by Crippen LogP contribution is 2.12. The van der Waals surface area contributed by atoms with Gasteiger partial charge in [-0.1, -0.05) is 30.3 Å². The van der Waals surface area contributed by atoms with Crippen LogP contribution in [0, 0.1) is 7.05 Å². The Balaban J connectivity index is 2.91. The lowest BCUT2D eigenvalue weighted by molar-refractivity contribution is -0.125. The van der Waals surface area contributed by atoms with E-state index in [0.717, 1.165) is 0 Å². The van der Waals surface area contributed by atoms with E-state index in [2.05, 4.69) is 12.4 Å². The van der Waals surface area contributed by atoms with Gasteiger partial charge in [0, 0.05) is 7.05 Å². The summed E-state index contributed by atoms with van der Waals surface area (Å²) in [4.78, 5) is 21.8. The van der Waals surface area contributed by atoms with Gasteiger partial charge in [-0.15, -0.1) is 0 Å². The molecule has 0 aliphatic rings. The van der Waals surface area contributed by atoms with E-state index in [0.29, 0.717) is 11.8 Å². The molecule has 3 nitrogen and oxygen atoms in total. The number of hydrogen-bond acceptors (Lipinski definition) is 2. The Morgan fingerprint density at radius 3 is 2.46 bits per heavy atom. The second kappa shape index (κ2) is 4.40. The highest BCUT2D eigenvalue weighted by atomic mass is 16.2. The van der Waals surface area contributed by atoms with Gasteiger partial charge in [-0.2, -0.15) is 0 Å². The van der Waals surface area contributed by atoms with Crippen molar-refractivity contribution in [2.24, 2.45) is 0 Å². The maximum atomic E-state index is 11.1. The molecular weight excluding hydrogens is 166 g/mol. The molecule has 0 heterocycles. The quantitative estimate of drug-likeness (QED) is 0.549. The molecule has 67 valence electrons. The maximum Gasteiger partial charge on any atom is 0.234 e. The van der Waals surface area contributed by atoms with Gasteiger partial charge in [-0.05, 0) is 5.56 Å². The van der Waals surface area contributed by atoms with Crippen LogP contribution in [0.5, 0.6) is 0 Å². The van der Waals surface area contributed by atoms with Crippen LogP contribution < -0.4 is 5.32 Å². The number of carbonyl (C=O) groups is 2. The van der Waals surface area contributed by atoms with Crippen LogP contribution in [0.3, 0.4) is 0 Å². The largest absolute Gasteiger partial charge is 0.353 e. The SMILES string of the molecule is [CH2]NC(=O)C(C=O)c1ccccc1. The van der Waals surface area contributed by atoms with E-state index in [1.54, 1.807) is 24.3 Å². The van der Waals surface area contributed by atoms with Crippen LogP contribution >= 0.6 is 0 Å². The van der Waals surface area contributed by atoms with Crippen molar-refractivity contribution in [3.8, 4) is 0 Å². The van der Waals surface area contributed by atoms with Crippen molar-refractivity contribution in [2.45, 2.75) is 5.92 Å². The monoisotopic (exact) mass is 176 g/mol. The van der Waals surface area contributed by atoms with Crippen LogP contribution in [0.2, 0.25) is 0 Å². The summed E-state index contributed by atoms with van der Waals surface area (Å²) in [7, 11) is 3.22. The number of benzene rings is 1. The molecule has 0 aliphatic heterocycles. The summed E-state index contributed by atoms with van der Waals surface area (Å²) >= 11 is 0. The first-order chi connectivity index (χ1) is 6.29. The first-order valence-corrected chi connectivity index (χ1v) is 3.86. The molecule has 0 spiro atoms. The number of aldehydes is 1. The third-order valence-electron chi connectivity index (χ3n) is 1.75. The molecule has 0 saturated heterocycles. The number of hydrogen-bond donors (Lipinski definition) is 1. The fraction of sp³-hybridized carbons (Fsp3) is 0.100. The summed E-state index contributed by atoms with van der Waals surface area (Å²) in [6.07, 6.45) is 0.607. The van der Waals surface area contributed by atoms with E-state index < -0.39 is 5.92 Å². The summed E-state index contributed by atoms with van der Waals surface area (Å²) in [5.41, 5.74) is 0.679. The minimum Gasteiger partial charge on any atom is -0.353 e. The molecule has 1 unspecified atom stereocenters. The van der Waals surface area contributed by atoms with Crippen molar-refractivity contribution in [3.05, 3.63) is 42.9 Å². The van der Waals surface area contributed by atoms with Gasteiger partial charge in [-0.3, -0.25) is 4.79 Å². The Hall–Kier alpha value is -1.64. The standard InChI is InChI=1S/C10H10NO2/c1-11-10(13)9(7-12)8-5-3-2-4-6-8/h2-7,9H,1H2,(H,11,13). The van der Waals surface area contributed by atoms with E-state index in [1.165, 1.54) is 0 Å². The van der Waals surface area contributed by atoms with Gasteiger partial charge in [0.25, 0.3) is 0 Å². The van der Waals surface area contributed by atoms with Crippen molar-refractivity contribution < 1.29 is 9.59 Å². The first-order valence-electron chi connectivity index (χ1n) is 3.86. The predicted octanol–water partition coefficient (Wildman–Crippen LogP) is 0.877. The number of nitrogens with one attached hydrogen (secondary N) is 1. The van der Waals surface area contributed by atoms with Crippen molar-refractivity contribution >= 4 is 12.2 Å². The number of rotatable bonds is 3. The third kappa shape index (κ3) is 2.15. The Kier molecular flexibility index (Phi) is 3.20. The lowest BCUT2D eigenvalue weighted by Gasteiger charge is -2.07. The molecule has 1 aromatic carbocycles. The average molecular weight is 176 g/mol. The van der Waals surface area contributed by atoms with Gasteiger partial charge in [0.15, 0.2) is 0 Å². The fourth-order valence-corrected chi connectivity index (χ4v) is 1.06. The summed E-state index contributed by atoms with van der Waals surface area (Å²) < 4.78 is 0. The highest BCUT2D eigenvalue weighted by molar-refractivity contribution is 5.97. The second-order valence-corrected chi connectivity index (χ2v) is 2.57. The molecular formula is C10H10NO2.